The van der Waals surface area contributed by atoms with Crippen LogP contribution < -0.4 is 0 Å². The number of hydrogen-bond donors (Lipinski definition) is 1. The zero-order valence-electron chi connectivity index (χ0n) is 12.6. The molecule has 0 amide bonds. The fraction of sp³-hybridized carbons (Fsp3) is 0.167. The van der Waals surface area contributed by atoms with Gasteiger partial charge in [-0.05, 0) is 30.3 Å². The zero-order chi connectivity index (χ0) is 16.5. The number of carbonyl (C=O) groups excluding carboxylic acids is 1. The Morgan fingerprint density at radius 3 is 2.58 bits per heavy atom. The summed E-state index contributed by atoms with van der Waals surface area (Å²) in [6.07, 6.45) is 3.42. The molecular formula is C18H14N2O2S2. The maximum atomic E-state index is 12.4. The second-order valence-electron chi connectivity index (χ2n) is 5.55. The number of rotatable bonds is 3. The molecule has 0 saturated carbocycles. The Morgan fingerprint density at radius 2 is 1.88 bits per heavy atom. The molecule has 120 valence electrons. The quantitative estimate of drug-likeness (QED) is 0.769. The van der Waals surface area contributed by atoms with E-state index in [-0.39, 0.29) is 22.0 Å². The smallest absolute Gasteiger partial charge is 0.198 e. The Morgan fingerprint density at radius 1 is 1.08 bits per heavy atom. The van der Waals surface area contributed by atoms with Gasteiger partial charge in [0.1, 0.15) is 0 Å². The molecular weight excluding hydrogens is 340 g/mol. The van der Waals surface area contributed by atoms with Crippen molar-refractivity contribution in [1.82, 2.24) is 9.97 Å². The molecule has 1 aliphatic rings. The zero-order valence-corrected chi connectivity index (χ0v) is 14.3. The van der Waals surface area contributed by atoms with Crippen molar-refractivity contribution >= 4 is 28.2 Å². The second-order valence-corrected chi connectivity index (χ2v) is 7.64. The molecule has 3 aromatic rings. The molecule has 0 radical (unpaired) electrons. The van der Waals surface area contributed by atoms with Crippen LogP contribution in [-0.4, -0.2) is 25.9 Å². The number of aromatic hydroxyl groups is 1. The van der Waals surface area contributed by atoms with Crippen LogP contribution in [0.1, 0.15) is 22.4 Å². The van der Waals surface area contributed by atoms with Crippen molar-refractivity contribution in [2.75, 3.05) is 5.75 Å². The summed E-state index contributed by atoms with van der Waals surface area (Å²) in [6, 6.07) is 13.2. The SMILES string of the molecule is O=C1SC[C@H](c2cc(-c3ccccn3)c(O)s2)[C@@H]1c1ccccn1. The van der Waals surface area contributed by atoms with E-state index >= 15 is 0 Å². The highest BCUT2D eigenvalue weighted by Crippen LogP contribution is 2.49. The number of thiophene rings is 1. The summed E-state index contributed by atoms with van der Waals surface area (Å²) in [7, 11) is 0. The van der Waals surface area contributed by atoms with Crippen molar-refractivity contribution in [3.8, 4) is 16.3 Å². The number of carbonyl (C=O) groups is 1. The lowest BCUT2D eigenvalue weighted by Gasteiger charge is -2.15. The monoisotopic (exact) mass is 354 g/mol. The summed E-state index contributed by atoms with van der Waals surface area (Å²) in [4.78, 5) is 22.0. The summed E-state index contributed by atoms with van der Waals surface area (Å²) in [5.41, 5.74) is 2.26. The largest absolute Gasteiger partial charge is 0.499 e. The van der Waals surface area contributed by atoms with E-state index < -0.39 is 0 Å². The molecule has 6 heteroatoms. The lowest BCUT2D eigenvalue weighted by Crippen LogP contribution is -2.12. The first-order valence-electron chi connectivity index (χ1n) is 7.55. The number of aromatic nitrogens is 2. The lowest BCUT2D eigenvalue weighted by molar-refractivity contribution is -0.112. The van der Waals surface area contributed by atoms with Crippen LogP contribution in [-0.2, 0) is 4.79 Å². The van der Waals surface area contributed by atoms with Gasteiger partial charge in [0.15, 0.2) is 10.2 Å². The number of nitrogens with zero attached hydrogens (tertiary/aromatic N) is 2. The summed E-state index contributed by atoms with van der Waals surface area (Å²) >= 11 is 2.67. The predicted octanol–water partition coefficient (Wildman–Crippen LogP) is 4.05. The third kappa shape index (κ3) is 2.72. The molecule has 0 unspecified atom stereocenters. The maximum absolute atomic E-state index is 12.4. The molecule has 4 rings (SSSR count). The van der Waals surface area contributed by atoms with Crippen LogP contribution in [0.2, 0.25) is 0 Å². The van der Waals surface area contributed by atoms with Crippen molar-refractivity contribution < 1.29 is 9.90 Å². The highest BCUT2D eigenvalue weighted by atomic mass is 32.2. The molecule has 0 spiro atoms. The Balaban J connectivity index is 1.72. The average Bonchev–Trinajstić information content (AvgIpc) is 3.19. The van der Waals surface area contributed by atoms with Gasteiger partial charge < -0.3 is 5.11 Å². The van der Waals surface area contributed by atoms with Crippen molar-refractivity contribution in [1.29, 1.82) is 0 Å². The Kier molecular flexibility index (Phi) is 4.08. The molecule has 4 heterocycles. The Labute approximate surface area is 147 Å². The van der Waals surface area contributed by atoms with Crippen LogP contribution in [0.25, 0.3) is 11.3 Å². The lowest BCUT2D eigenvalue weighted by atomic mass is 9.90. The van der Waals surface area contributed by atoms with Crippen molar-refractivity contribution in [3.63, 3.8) is 0 Å². The van der Waals surface area contributed by atoms with Crippen LogP contribution in [0, 0.1) is 0 Å². The molecule has 2 atom stereocenters. The minimum atomic E-state index is -0.258. The van der Waals surface area contributed by atoms with Crippen LogP contribution in [0.5, 0.6) is 5.06 Å². The molecule has 0 aromatic carbocycles. The van der Waals surface area contributed by atoms with Crippen molar-refractivity contribution in [3.05, 3.63) is 65.4 Å². The van der Waals surface area contributed by atoms with E-state index in [2.05, 4.69) is 9.97 Å². The summed E-state index contributed by atoms with van der Waals surface area (Å²) in [6.45, 7) is 0. The van der Waals surface area contributed by atoms with Gasteiger partial charge in [0.2, 0.25) is 0 Å². The third-order valence-electron chi connectivity index (χ3n) is 4.11. The Hall–Kier alpha value is -2.18. The van der Waals surface area contributed by atoms with Crippen molar-refractivity contribution in [2.24, 2.45) is 0 Å². The van der Waals surface area contributed by atoms with Gasteiger partial charge >= 0.3 is 0 Å². The molecule has 0 aliphatic carbocycles. The van der Waals surface area contributed by atoms with Gasteiger partial charge in [-0.25, -0.2) is 0 Å². The maximum Gasteiger partial charge on any atom is 0.198 e. The standard InChI is InChI=1S/C18H14N2O2S2/c21-17-11(13-5-1-3-7-19-13)9-15(24-17)12-10-23-18(22)16(12)14-6-2-4-8-20-14/h1-9,12,16,21H,10H2/t12-,16-/m1/s1. The van der Waals surface area contributed by atoms with Gasteiger partial charge in [-0.2, -0.15) is 0 Å². The normalized spacial score (nSPS) is 20.4. The van der Waals surface area contributed by atoms with E-state index in [1.165, 1.54) is 23.1 Å². The van der Waals surface area contributed by atoms with Gasteiger partial charge in [0, 0.05) is 28.9 Å². The van der Waals surface area contributed by atoms with E-state index in [4.69, 9.17) is 0 Å². The molecule has 1 saturated heterocycles. The van der Waals surface area contributed by atoms with E-state index in [0.29, 0.717) is 5.75 Å². The molecule has 4 nitrogen and oxygen atoms in total. The van der Waals surface area contributed by atoms with Gasteiger partial charge in [-0.3, -0.25) is 14.8 Å². The topological polar surface area (TPSA) is 63.1 Å². The summed E-state index contributed by atoms with van der Waals surface area (Å²) < 4.78 is 0. The molecule has 1 fully saturated rings. The first-order valence-corrected chi connectivity index (χ1v) is 9.36. The second kappa shape index (κ2) is 6.37. The number of hydrogen-bond acceptors (Lipinski definition) is 6. The van der Waals surface area contributed by atoms with E-state index in [1.54, 1.807) is 12.4 Å². The molecule has 1 aliphatic heterocycles. The number of thioether (sulfide) groups is 1. The molecule has 24 heavy (non-hydrogen) atoms. The van der Waals surface area contributed by atoms with E-state index in [1.807, 2.05) is 42.5 Å². The van der Waals surface area contributed by atoms with Gasteiger partial charge in [-0.1, -0.05) is 23.9 Å². The van der Waals surface area contributed by atoms with Crippen LogP contribution in [0.4, 0.5) is 0 Å². The van der Waals surface area contributed by atoms with Gasteiger partial charge in [0.25, 0.3) is 0 Å². The highest BCUT2D eigenvalue weighted by Gasteiger charge is 2.39. The number of pyridine rings is 2. The summed E-state index contributed by atoms with van der Waals surface area (Å²) in [5, 5.41) is 10.7. The molecule has 0 bridgehead atoms. The highest BCUT2D eigenvalue weighted by molar-refractivity contribution is 8.14. The predicted molar refractivity (Wildman–Crippen MR) is 96.4 cm³/mol. The van der Waals surface area contributed by atoms with Crippen LogP contribution in [0.3, 0.4) is 0 Å². The van der Waals surface area contributed by atoms with Crippen LogP contribution in [0.15, 0.2) is 54.9 Å². The molecule has 1 N–H and O–H groups in total. The first kappa shape index (κ1) is 15.4. The first-order chi connectivity index (χ1) is 11.7. The summed E-state index contributed by atoms with van der Waals surface area (Å²) in [5.74, 6) is 0.485. The van der Waals surface area contributed by atoms with E-state index in [9.17, 15) is 9.90 Å². The molecule has 3 aromatic heterocycles. The Bertz CT molecular complexity index is 865. The third-order valence-corrected chi connectivity index (χ3v) is 6.24. The fourth-order valence-electron chi connectivity index (χ4n) is 2.94. The van der Waals surface area contributed by atoms with Crippen molar-refractivity contribution in [2.45, 2.75) is 11.8 Å². The van der Waals surface area contributed by atoms with Crippen LogP contribution >= 0.6 is 23.1 Å². The van der Waals surface area contributed by atoms with Gasteiger partial charge in [0.05, 0.1) is 22.9 Å². The van der Waals surface area contributed by atoms with E-state index in [0.717, 1.165) is 21.8 Å². The average molecular weight is 354 g/mol. The minimum absolute atomic E-state index is 0.0331. The minimum Gasteiger partial charge on any atom is -0.499 e. The van der Waals surface area contributed by atoms with Gasteiger partial charge in [-0.15, -0.1) is 11.3 Å². The fourth-order valence-corrected chi connectivity index (χ4v) is 5.27.